The molecule has 0 bridgehead atoms. The van der Waals surface area contributed by atoms with E-state index in [2.05, 4.69) is 16.0 Å². The second kappa shape index (κ2) is 7.04. The lowest BCUT2D eigenvalue weighted by Crippen LogP contribution is -2.33. The summed E-state index contributed by atoms with van der Waals surface area (Å²) in [5.41, 5.74) is 2.30. The molecule has 128 valence electrons. The van der Waals surface area contributed by atoms with Gasteiger partial charge in [0.05, 0.1) is 17.9 Å². The number of carbonyl (C=O) groups excluding carboxylic acids is 3. The van der Waals surface area contributed by atoms with Gasteiger partial charge in [-0.1, -0.05) is 18.2 Å². The lowest BCUT2D eigenvalue weighted by Gasteiger charge is -2.21. The fraction of sp³-hybridized carbons (Fsp3) is 0.167. The summed E-state index contributed by atoms with van der Waals surface area (Å²) in [5, 5.41) is 7.96. The molecule has 25 heavy (non-hydrogen) atoms. The largest absolute Gasteiger partial charge is 0.479 e. The van der Waals surface area contributed by atoms with E-state index < -0.39 is 5.91 Å². The molecule has 1 heterocycles. The van der Waals surface area contributed by atoms with Crippen LogP contribution in [0.1, 0.15) is 15.9 Å². The maximum absolute atomic E-state index is 12.1. The summed E-state index contributed by atoms with van der Waals surface area (Å²) >= 11 is 0. The second-order valence-corrected chi connectivity index (χ2v) is 5.62. The number of carbonyl (C=O) groups is 3. The molecule has 3 rings (SSSR count). The van der Waals surface area contributed by atoms with E-state index in [4.69, 9.17) is 4.74 Å². The maximum atomic E-state index is 12.1. The average molecular weight is 339 g/mol. The molecule has 0 saturated heterocycles. The molecule has 7 nitrogen and oxygen atoms in total. The molecule has 0 aliphatic carbocycles. The lowest BCUT2D eigenvalue weighted by molar-refractivity contribution is -0.118. The molecule has 0 atom stereocenters. The van der Waals surface area contributed by atoms with Crippen LogP contribution in [0.3, 0.4) is 0 Å². The van der Waals surface area contributed by atoms with Crippen molar-refractivity contribution in [2.75, 3.05) is 23.8 Å². The standard InChI is InChI=1S/C18H17N3O4/c1-11-7-13(17-14(8-11)21-16(23)10-25-17)20-15(22)9-19-18(24)12-5-3-2-4-6-12/h2-8H,9-10H2,1H3,(H,19,24)(H,20,22)(H,21,23). The monoisotopic (exact) mass is 339 g/mol. The van der Waals surface area contributed by atoms with Crippen molar-refractivity contribution < 1.29 is 19.1 Å². The molecule has 0 aromatic heterocycles. The first-order chi connectivity index (χ1) is 12.0. The fourth-order valence-corrected chi connectivity index (χ4v) is 2.48. The molecular weight excluding hydrogens is 322 g/mol. The van der Waals surface area contributed by atoms with E-state index in [1.807, 2.05) is 13.0 Å². The molecule has 3 N–H and O–H groups in total. The summed E-state index contributed by atoms with van der Waals surface area (Å²) in [7, 11) is 0. The quantitative estimate of drug-likeness (QED) is 0.790. The highest BCUT2D eigenvalue weighted by Gasteiger charge is 2.21. The number of aryl methyl sites for hydroxylation is 1. The van der Waals surface area contributed by atoms with Crippen molar-refractivity contribution in [3.8, 4) is 5.75 Å². The summed E-state index contributed by atoms with van der Waals surface area (Å²) < 4.78 is 5.40. The van der Waals surface area contributed by atoms with Crippen LogP contribution in [0, 0.1) is 6.92 Å². The Morgan fingerprint density at radius 3 is 2.72 bits per heavy atom. The fourth-order valence-electron chi connectivity index (χ4n) is 2.48. The van der Waals surface area contributed by atoms with Gasteiger partial charge in [0.25, 0.3) is 11.8 Å². The van der Waals surface area contributed by atoms with Crippen LogP contribution in [-0.4, -0.2) is 30.9 Å². The summed E-state index contributed by atoms with van der Waals surface area (Å²) in [5.74, 6) is -0.554. The molecule has 3 amide bonds. The predicted octanol–water partition coefficient (Wildman–Crippen LogP) is 1.69. The number of benzene rings is 2. The number of ether oxygens (including phenoxy) is 1. The predicted molar refractivity (Wildman–Crippen MR) is 92.7 cm³/mol. The first-order valence-corrected chi connectivity index (χ1v) is 7.73. The van der Waals surface area contributed by atoms with Gasteiger partial charge in [-0.15, -0.1) is 0 Å². The highest BCUT2D eigenvalue weighted by atomic mass is 16.5. The third-order valence-corrected chi connectivity index (χ3v) is 3.57. The number of fused-ring (bicyclic) bond motifs is 1. The number of anilines is 2. The first kappa shape index (κ1) is 16.5. The zero-order chi connectivity index (χ0) is 17.8. The molecule has 1 aliphatic rings. The number of amides is 3. The van der Waals surface area contributed by atoms with E-state index in [-0.39, 0.29) is 25.0 Å². The van der Waals surface area contributed by atoms with Crippen molar-refractivity contribution in [2.24, 2.45) is 0 Å². The number of hydrogen-bond acceptors (Lipinski definition) is 4. The van der Waals surface area contributed by atoms with E-state index in [9.17, 15) is 14.4 Å². The molecular formula is C18H17N3O4. The number of hydrogen-bond donors (Lipinski definition) is 3. The number of nitrogens with one attached hydrogen (secondary N) is 3. The van der Waals surface area contributed by atoms with Crippen LogP contribution in [0.25, 0.3) is 0 Å². The van der Waals surface area contributed by atoms with Crippen molar-refractivity contribution in [1.29, 1.82) is 0 Å². The summed E-state index contributed by atoms with van der Waals surface area (Å²) in [6, 6.07) is 12.1. The van der Waals surface area contributed by atoms with E-state index in [0.29, 0.717) is 22.7 Å². The average Bonchev–Trinajstić information content (AvgIpc) is 2.60. The van der Waals surface area contributed by atoms with Crippen LogP contribution < -0.4 is 20.7 Å². The zero-order valence-electron chi connectivity index (χ0n) is 13.6. The maximum Gasteiger partial charge on any atom is 0.262 e. The minimum Gasteiger partial charge on any atom is -0.479 e. The Morgan fingerprint density at radius 2 is 1.96 bits per heavy atom. The van der Waals surface area contributed by atoms with Crippen molar-refractivity contribution in [1.82, 2.24) is 5.32 Å². The van der Waals surface area contributed by atoms with Gasteiger partial charge in [0, 0.05) is 5.56 Å². The van der Waals surface area contributed by atoms with Crippen LogP contribution in [0.5, 0.6) is 5.75 Å². The van der Waals surface area contributed by atoms with Crippen LogP contribution in [0.4, 0.5) is 11.4 Å². The smallest absolute Gasteiger partial charge is 0.262 e. The van der Waals surface area contributed by atoms with Crippen LogP contribution in [-0.2, 0) is 9.59 Å². The molecule has 0 saturated carbocycles. The van der Waals surface area contributed by atoms with Gasteiger partial charge in [-0.2, -0.15) is 0 Å². The van der Waals surface area contributed by atoms with Crippen molar-refractivity contribution in [3.05, 3.63) is 53.6 Å². The van der Waals surface area contributed by atoms with E-state index in [1.165, 1.54) is 0 Å². The molecule has 0 spiro atoms. The Morgan fingerprint density at radius 1 is 1.20 bits per heavy atom. The van der Waals surface area contributed by atoms with Gasteiger partial charge in [0.1, 0.15) is 0 Å². The van der Waals surface area contributed by atoms with Gasteiger partial charge in [-0.05, 0) is 36.8 Å². The lowest BCUT2D eigenvalue weighted by atomic mass is 10.1. The van der Waals surface area contributed by atoms with Gasteiger partial charge >= 0.3 is 0 Å². The highest BCUT2D eigenvalue weighted by molar-refractivity contribution is 6.02. The Labute approximate surface area is 144 Å². The van der Waals surface area contributed by atoms with Gasteiger partial charge in [0.2, 0.25) is 5.91 Å². The third kappa shape index (κ3) is 3.95. The highest BCUT2D eigenvalue weighted by Crippen LogP contribution is 2.36. The first-order valence-electron chi connectivity index (χ1n) is 7.73. The molecule has 0 fully saturated rings. The van der Waals surface area contributed by atoms with Crippen LogP contribution >= 0.6 is 0 Å². The Hall–Kier alpha value is -3.35. The topological polar surface area (TPSA) is 96.5 Å². The van der Waals surface area contributed by atoms with E-state index in [0.717, 1.165) is 5.56 Å². The third-order valence-electron chi connectivity index (χ3n) is 3.57. The van der Waals surface area contributed by atoms with E-state index >= 15 is 0 Å². The SMILES string of the molecule is Cc1cc(NC(=O)CNC(=O)c2ccccc2)c2c(c1)NC(=O)CO2. The molecule has 7 heteroatoms. The Balaban J connectivity index is 1.65. The minimum atomic E-state index is -0.391. The molecule has 2 aromatic carbocycles. The Kier molecular flexibility index (Phi) is 4.65. The molecule has 0 unspecified atom stereocenters. The molecule has 1 aliphatic heterocycles. The van der Waals surface area contributed by atoms with Gasteiger partial charge in [-0.3, -0.25) is 14.4 Å². The van der Waals surface area contributed by atoms with Crippen LogP contribution in [0.2, 0.25) is 0 Å². The minimum absolute atomic E-state index is 0.107. The second-order valence-electron chi connectivity index (χ2n) is 5.62. The summed E-state index contributed by atoms with van der Waals surface area (Å²) in [6.45, 7) is 1.56. The van der Waals surface area contributed by atoms with Crippen molar-refractivity contribution in [2.45, 2.75) is 6.92 Å². The van der Waals surface area contributed by atoms with Crippen LogP contribution in [0.15, 0.2) is 42.5 Å². The molecule has 0 radical (unpaired) electrons. The van der Waals surface area contributed by atoms with Crippen molar-refractivity contribution >= 4 is 29.1 Å². The summed E-state index contributed by atoms with van der Waals surface area (Å²) in [4.78, 5) is 35.5. The molecule has 2 aromatic rings. The zero-order valence-corrected chi connectivity index (χ0v) is 13.6. The van der Waals surface area contributed by atoms with Gasteiger partial charge in [-0.25, -0.2) is 0 Å². The van der Waals surface area contributed by atoms with E-state index in [1.54, 1.807) is 36.4 Å². The Bertz CT molecular complexity index is 834. The summed E-state index contributed by atoms with van der Waals surface area (Å²) in [6.07, 6.45) is 0. The van der Waals surface area contributed by atoms with Crippen molar-refractivity contribution in [3.63, 3.8) is 0 Å². The number of rotatable bonds is 4. The normalized spacial score (nSPS) is 12.4. The van der Waals surface area contributed by atoms with Gasteiger partial charge in [0.15, 0.2) is 12.4 Å². The van der Waals surface area contributed by atoms with Gasteiger partial charge < -0.3 is 20.7 Å².